The van der Waals surface area contributed by atoms with Crippen LogP contribution in [0.25, 0.3) is 0 Å². The molecule has 0 saturated carbocycles. The molecule has 0 saturated heterocycles. The number of hydrogen-bond acceptors (Lipinski definition) is 14. The molecule has 1 aromatic carbocycles. The van der Waals surface area contributed by atoms with Crippen molar-refractivity contribution in [3.05, 3.63) is 35.9 Å². The molecule has 0 bridgehead atoms. The van der Waals surface area contributed by atoms with Crippen LogP contribution in [0.3, 0.4) is 0 Å². The van der Waals surface area contributed by atoms with E-state index in [0.29, 0.717) is 138 Å². The summed E-state index contributed by atoms with van der Waals surface area (Å²) >= 11 is 0. The summed E-state index contributed by atoms with van der Waals surface area (Å²) in [5.74, 6) is -1.36. The lowest BCUT2D eigenvalue weighted by atomic mass is 10.2. The van der Waals surface area contributed by atoms with Crippen molar-refractivity contribution in [2.24, 2.45) is 0 Å². The average molecular weight is 665 g/mol. The second-order valence-corrected chi connectivity index (χ2v) is 9.07. The van der Waals surface area contributed by atoms with Crippen LogP contribution in [0.4, 0.5) is 0 Å². The summed E-state index contributed by atoms with van der Waals surface area (Å²) in [6, 6.07) is 8.83. The highest BCUT2D eigenvalue weighted by Crippen LogP contribution is 2.00. The zero-order chi connectivity index (χ0) is 33.0. The highest BCUT2D eigenvalue weighted by molar-refractivity contribution is 5.89. The monoisotopic (exact) mass is 664 g/mol. The average Bonchev–Trinajstić information content (AvgIpc) is 3.06. The smallest absolute Gasteiger partial charge is 0.338 e. The third-order valence-corrected chi connectivity index (χ3v) is 5.42. The number of carbonyl (C=O) groups excluding carboxylic acids is 1. The maximum absolute atomic E-state index is 11.8. The highest BCUT2D eigenvalue weighted by atomic mass is 16.6. The lowest BCUT2D eigenvalue weighted by Gasteiger charge is -2.09. The van der Waals surface area contributed by atoms with Crippen LogP contribution < -0.4 is 0 Å². The van der Waals surface area contributed by atoms with E-state index in [9.17, 15) is 9.59 Å². The van der Waals surface area contributed by atoms with Crippen molar-refractivity contribution in [2.75, 3.05) is 152 Å². The molecule has 0 aliphatic heterocycles. The minimum atomic E-state index is -1.000. The number of ether oxygens (including phenoxy) is 12. The normalized spacial score (nSPS) is 11.2. The van der Waals surface area contributed by atoms with Crippen molar-refractivity contribution >= 4 is 11.9 Å². The maximum Gasteiger partial charge on any atom is 0.338 e. The zero-order valence-electron chi connectivity index (χ0n) is 26.8. The minimum absolute atomic E-state index is 0.195. The Kier molecular flexibility index (Phi) is 30.9. The predicted molar refractivity (Wildman–Crippen MR) is 163 cm³/mol. The fourth-order valence-corrected chi connectivity index (χ4v) is 3.21. The second-order valence-electron chi connectivity index (χ2n) is 9.07. The molecule has 0 atom stereocenters. The van der Waals surface area contributed by atoms with Crippen LogP contribution in [0.1, 0.15) is 10.4 Å². The predicted octanol–water partition coefficient (Wildman–Crippen LogP) is 1.11. The molecule has 0 unspecified atom stereocenters. The number of benzene rings is 1. The zero-order valence-corrected chi connectivity index (χ0v) is 26.8. The van der Waals surface area contributed by atoms with Gasteiger partial charge in [-0.1, -0.05) is 18.2 Å². The van der Waals surface area contributed by atoms with Gasteiger partial charge in [-0.15, -0.1) is 0 Å². The second kappa shape index (κ2) is 34.1. The van der Waals surface area contributed by atoms with Gasteiger partial charge in [0.15, 0.2) is 0 Å². The van der Waals surface area contributed by atoms with Gasteiger partial charge in [0.2, 0.25) is 0 Å². The van der Waals surface area contributed by atoms with Crippen LogP contribution in [0.2, 0.25) is 0 Å². The first-order valence-electron chi connectivity index (χ1n) is 15.5. The molecule has 0 spiro atoms. The first-order chi connectivity index (χ1) is 22.7. The fraction of sp³-hybridized carbons (Fsp3) is 0.742. The molecule has 1 rings (SSSR count). The van der Waals surface area contributed by atoms with Crippen LogP contribution in [0.15, 0.2) is 30.3 Å². The topological polar surface area (TPSA) is 165 Å². The van der Waals surface area contributed by atoms with Crippen LogP contribution in [0, 0.1) is 0 Å². The summed E-state index contributed by atoms with van der Waals surface area (Å²) in [5.41, 5.74) is 0.520. The number of carboxylic acids is 1. The Morgan fingerprint density at radius 2 is 0.652 bits per heavy atom. The van der Waals surface area contributed by atoms with E-state index >= 15 is 0 Å². The molecule has 0 heterocycles. The third kappa shape index (κ3) is 30.4. The summed E-state index contributed by atoms with van der Waals surface area (Å²) in [6.07, 6.45) is 0. The lowest BCUT2D eigenvalue weighted by Crippen LogP contribution is -2.16. The fourth-order valence-electron chi connectivity index (χ4n) is 3.21. The van der Waals surface area contributed by atoms with E-state index in [1.807, 2.05) is 6.07 Å². The van der Waals surface area contributed by atoms with Crippen molar-refractivity contribution in [3.8, 4) is 0 Å². The largest absolute Gasteiger partial charge is 0.480 e. The first-order valence-corrected chi connectivity index (χ1v) is 15.5. The molecule has 1 aromatic rings. The van der Waals surface area contributed by atoms with E-state index in [1.54, 1.807) is 24.3 Å². The van der Waals surface area contributed by atoms with Gasteiger partial charge < -0.3 is 61.9 Å². The van der Waals surface area contributed by atoms with Gasteiger partial charge in [0.05, 0.1) is 144 Å². The summed E-state index contributed by atoms with van der Waals surface area (Å²) in [5, 5.41) is 8.42. The van der Waals surface area contributed by atoms with Gasteiger partial charge in [-0.3, -0.25) is 0 Å². The third-order valence-electron chi connectivity index (χ3n) is 5.42. The molecule has 1 N–H and O–H groups in total. The molecule has 15 heteroatoms. The Morgan fingerprint density at radius 1 is 0.391 bits per heavy atom. The van der Waals surface area contributed by atoms with E-state index in [0.717, 1.165) is 0 Å². The highest BCUT2D eigenvalue weighted by Gasteiger charge is 2.05. The van der Waals surface area contributed by atoms with Gasteiger partial charge in [-0.05, 0) is 12.1 Å². The summed E-state index contributed by atoms with van der Waals surface area (Å²) < 4.78 is 64.0. The van der Waals surface area contributed by atoms with E-state index in [4.69, 9.17) is 61.9 Å². The lowest BCUT2D eigenvalue weighted by molar-refractivity contribution is -0.142. The Balaban J connectivity index is 1.63. The van der Waals surface area contributed by atoms with E-state index in [1.165, 1.54) is 0 Å². The molecule has 0 amide bonds. The van der Waals surface area contributed by atoms with E-state index in [-0.39, 0.29) is 25.8 Å². The Hall–Kier alpha value is -2.28. The number of rotatable bonds is 36. The first kappa shape index (κ1) is 41.7. The number of aliphatic carboxylic acids is 1. The number of hydrogen-bond donors (Lipinski definition) is 1. The standard InChI is InChI=1S/C31H52O15/c32-30(33)28-45-25-24-43-21-20-41-17-16-39-13-12-37-9-8-35-6-7-36-10-11-38-14-15-40-18-19-42-22-23-44-26-27-46-31(34)29-4-2-1-3-5-29/h1-5H,6-28H2,(H,32,33). The van der Waals surface area contributed by atoms with Crippen molar-refractivity contribution in [1.29, 1.82) is 0 Å². The van der Waals surface area contributed by atoms with E-state index in [2.05, 4.69) is 0 Å². The summed E-state index contributed by atoms with van der Waals surface area (Å²) in [4.78, 5) is 22.0. The molecule has 0 radical (unpaired) electrons. The van der Waals surface area contributed by atoms with Crippen molar-refractivity contribution < 1.29 is 71.5 Å². The summed E-state index contributed by atoms with van der Waals surface area (Å²) in [6.45, 7) is 9.03. The maximum atomic E-state index is 11.8. The molecule has 0 aromatic heterocycles. The quantitative estimate of drug-likeness (QED) is 0.0801. The Morgan fingerprint density at radius 3 is 0.935 bits per heavy atom. The van der Waals surface area contributed by atoms with Gasteiger partial charge in [0, 0.05) is 0 Å². The van der Waals surface area contributed by atoms with Crippen LogP contribution in [-0.2, 0) is 61.6 Å². The van der Waals surface area contributed by atoms with E-state index < -0.39 is 5.97 Å². The van der Waals surface area contributed by atoms with Gasteiger partial charge in [-0.2, -0.15) is 0 Å². The van der Waals surface area contributed by atoms with Crippen molar-refractivity contribution in [2.45, 2.75) is 0 Å². The van der Waals surface area contributed by atoms with Gasteiger partial charge in [-0.25, -0.2) is 9.59 Å². The van der Waals surface area contributed by atoms with Gasteiger partial charge >= 0.3 is 11.9 Å². The minimum Gasteiger partial charge on any atom is -0.480 e. The Bertz CT molecular complexity index is 799. The number of esters is 1. The molecule has 0 aliphatic carbocycles. The van der Waals surface area contributed by atoms with Crippen LogP contribution >= 0.6 is 0 Å². The molecule has 0 aliphatic rings. The van der Waals surface area contributed by atoms with Crippen LogP contribution in [0.5, 0.6) is 0 Å². The van der Waals surface area contributed by atoms with Crippen molar-refractivity contribution in [1.82, 2.24) is 0 Å². The number of carbonyl (C=O) groups is 2. The molecule has 0 fully saturated rings. The SMILES string of the molecule is O=C(O)COCCOCCOCCOCCOCCOCCOCCOCCOCCOCCOCCOC(=O)c1ccccc1. The molecule has 15 nitrogen and oxygen atoms in total. The molecular weight excluding hydrogens is 612 g/mol. The Labute approximate surface area is 271 Å². The summed E-state index contributed by atoms with van der Waals surface area (Å²) in [7, 11) is 0. The van der Waals surface area contributed by atoms with Gasteiger partial charge in [0.1, 0.15) is 13.2 Å². The molecule has 266 valence electrons. The molecular formula is C31H52O15. The molecule has 46 heavy (non-hydrogen) atoms. The number of carboxylic acid groups (broad SMARTS) is 1. The van der Waals surface area contributed by atoms with Gasteiger partial charge in [0.25, 0.3) is 0 Å². The van der Waals surface area contributed by atoms with Crippen LogP contribution in [-0.4, -0.2) is 169 Å². The van der Waals surface area contributed by atoms with Crippen molar-refractivity contribution in [3.63, 3.8) is 0 Å².